The van der Waals surface area contributed by atoms with E-state index in [1.807, 2.05) is 73.7 Å². The molecule has 0 aliphatic heterocycles. The van der Waals surface area contributed by atoms with Gasteiger partial charge in [0.2, 0.25) is 11.8 Å². The zero-order chi connectivity index (χ0) is 19.2. The molecule has 3 aromatic carbocycles. The van der Waals surface area contributed by atoms with Gasteiger partial charge in [-0.2, -0.15) is 0 Å². The molecule has 0 aliphatic rings. The fourth-order valence-corrected chi connectivity index (χ4v) is 2.83. The van der Waals surface area contributed by atoms with Crippen LogP contribution in [0.15, 0.2) is 66.7 Å². The number of rotatable bonds is 6. The van der Waals surface area contributed by atoms with Crippen molar-refractivity contribution in [1.29, 1.82) is 0 Å². The number of hydrogen-bond acceptors (Lipinski definition) is 3. The highest BCUT2D eigenvalue weighted by Crippen LogP contribution is 2.22. The third-order valence-electron chi connectivity index (χ3n) is 4.36. The minimum Gasteiger partial charge on any atom is -0.376 e. The van der Waals surface area contributed by atoms with Gasteiger partial charge in [0.15, 0.2) is 0 Å². The molecule has 0 bridgehead atoms. The van der Waals surface area contributed by atoms with Crippen molar-refractivity contribution in [2.75, 3.05) is 30.8 Å². The van der Waals surface area contributed by atoms with Crippen LogP contribution in [0, 0.1) is 6.92 Å². The first-order valence-corrected chi connectivity index (χ1v) is 8.85. The molecule has 27 heavy (non-hydrogen) atoms. The standard InChI is InChI=1S/C22H23N3O2/c1-16-10-12-18(13-11-16)24-21(26)15-25(2)22(27)14-23-20-9-5-7-17-6-3-4-8-19(17)20/h3-13,23H,14-15H2,1-2H3,(H,24,26). The van der Waals surface area contributed by atoms with Crippen LogP contribution in [-0.4, -0.2) is 36.9 Å². The van der Waals surface area contributed by atoms with Gasteiger partial charge in [0, 0.05) is 23.8 Å². The minimum absolute atomic E-state index is 0.00390. The monoisotopic (exact) mass is 361 g/mol. The average molecular weight is 361 g/mol. The number of likely N-dealkylation sites (N-methyl/N-ethyl adjacent to an activating group) is 1. The summed E-state index contributed by atoms with van der Waals surface area (Å²) >= 11 is 0. The molecule has 3 aromatic rings. The van der Waals surface area contributed by atoms with E-state index in [-0.39, 0.29) is 24.9 Å². The molecule has 0 heterocycles. The average Bonchev–Trinajstić information content (AvgIpc) is 2.67. The third kappa shape index (κ3) is 4.85. The van der Waals surface area contributed by atoms with Gasteiger partial charge in [-0.15, -0.1) is 0 Å². The summed E-state index contributed by atoms with van der Waals surface area (Å²) in [5.41, 5.74) is 2.75. The second kappa shape index (κ2) is 8.36. The maximum Gasteiger partial charge on any atom is 0.243 e. The lowest BCUT2D eigenvalue weighted by molar-refractivity contribution is -0.131. The molecule has 0 atom stereocenters. The molecule has 3 rings (SSSR count). The van der Waals surface area contributed by atoms with E-state index >= 15 is 0 Å². The van der Waals surface area contributed by atoms with Gasteiger partial charge in [-0.1, -0.05) is 54.1 Å². The SMILES string of the molecule is Cc1ccc(NC(=O)CN(C)C(=O)CNc2cccc3ccccc23)cc1. The van der Waals surface area contributed by atoms with Gasteiger partial charge in [-0.25, -0.2) is 0 Å². The molecule has 5 heteroatoms. The first-order valence-electron chi connectivity index (χ1n) is 8.85. The number of nitrogens with one attached hydrogen (secondary N) is 2. The smallest absolute Gasteiger partial charge is 0.243 e. The summed E-state index contributed by atoms with van der Waals surface area (Å²) < 4.78 is 0. The first-order chi connectivity index (χ1) is 13.0. The summed E-state index contributed by atoms with van der Waals surface area (Å²) in [6, 6.07) is 21.5. The van der Waals surface area contributed by atoms with E-state index in [4.69, 9.17) is 0 Å². The lowest BCUT2D eigenvalue weighted by Crippen LogP contribution is -2.38. The van der Waals surface area contributed by atoms with Gasteiger partial charge in [0.1, 0.15) is 0 Å². The van der Waals surface area contributed by atoms with Crippen molar-refractivity contribution < 1.29 is 9.59 Å². The summed E-state index contributed by atoms with van der Waals surface area (Å²) in [6.07, 6.45) is 0. The van der Waals surface area contributed by atoms with E-state index in [0.717, 1.165) is 27.7 Å². The van der Waals surface area contributed by atoms with Crippen molar-refractivity contribution in [2.24, 2.45) is 0 Å². The highest BCUT2D eigenvalue weighted by atomic mass is 16.2. The molecule has 0 saturated carbocycles. The van der Waals surface area contributed by atoms with E-state index in [1.165, 1.54) is 4.90 Å². The molecule has 0 fully saturated rings. The van der Waals surface area contributed by atoms with Crippen LogP contribution in [0.25, 0.3) is 10.8 Å². The Labute approximate surface area is 159 Å². The van der Waals surface area contributed by atoms with Crippen molar-refractivity contribution in [2.45, 2.75) is 6.92 Å². The Morgan fingerprint density at radius 1 is 0.926 bits per heavy atom. The number of aryl methyl sites for hydroxylation is 1. The lowest BCUT2D eigenvalue weighted by atomic mass is 10.1. The fraction of sp³-hybridized carbons (Fsp3) is 0.182. The van der Waals surface area contributed by atoms with Crippen molar-refractivity contribution in [1.82, 2.24) is 4.90 Å². The number of hydrogen-bond donors (Lipinski definition) is 2. The third-order valence-corrected chi connectivity index (χ3v) is 4.36. The van der Waals surface area contributed by atoms with E-state index in [9.17, 15) is 9.59 Å². The zero-order valence-corrected chi connectivity index (χ0v) is 15.5. The second-order valence-electron chi connectivity index (χ2n) is 6.54. The van der Waals surface area contributed by atoms with E-state index < -0.39 is 0 Å². The summed E-state index contributed by atoms with van der Waals surface area (Å²) in [5, 5.41) is 8.15. The largest absolute Gasteiger partial charge is 0.376 e. The molecule has 2 amide bonds. The van der Waals surface area contributed by atoms with Gasteiger partial charge < -0.3 is 15.5 Å². The predicted molar refractivity (Wildman–Crippen MR) is 110 cm³/mol. The number of carbonyl (C=O) groups excluding carboxylic acids is 2. The van der Waals surface area contributed by atoms with Gasteiger partial charge in [0.05, 0.1) is 13.1 Å². The molecular weight excluding hydrogens is 338 g/mol. The van der Waals surface area contributed by atoms with Crippen molar-refractivity contribution >= 4 is 34.0 Å². The highest BCUT2D eigenvalue weighted by molar-refractivity contribution is 5.97. The summed E-state index contributed by atoms with van der Waals surface area (Å²) in [5.74, 6) is -0.373. The van der Waals surface area contributed by atoms with Crippen LogP contribution in [0.2, 0.25) is 0 Å². The first kappa shape index (κ1) is 18.5. The minimum atomic E-state index is -0.222. The summed E-state index contributed by atoms with van der Waals surface area (Å²) in [7, 11) is 1.63. The van der Waals surface area contributed by atoms with Gasteiger partial charge in [-0.05, 0) is 30.5 Å². The number of carbonyl (C=O) groups is 2. The number of fused-ring (bicyclic) bond motifs is 1. The lowest BCUT2D eigenvalue weighted by Gasteiger charge is -2.18. The van der Waals surface area contributed by atoms with Crippen LogP contribution in [-0.2, 0) is 9.59 Å². The summed E-state index contributed by atoms with van der Waals surface area (Å²) in [4.78, 5) is 25.9. The van der Waals surface area contributed by atoms with Crippen LogP contribution in [0.4, 0.5) is 11.4 Å². The summed E-state index contributed by atoms with van der Waals surface area (Å²) in [6.45, 7) is 2.12. The predicted octanol–water partition coefficient (Wildman–Crippen LogP) is 3.66. The number of nitrogens with zero attached hydrogens (tertiary/aromatic N) is 1. The van der Waals surface area contributed by atoms with Crippen LogP contribution < -0.4 is 10.6 Å². The Balaban J connectivity index is 1.54. The maximum absolute atomic E-state index is 12.4. The van der Waals surface area contributed by atoms with Crippen LogP contribution in [0.1, 0.15) is 5.56 Å². The Hall–Kier alpha value is -3.34. The van der Waals surface area contributed by atoms with Gasteiger partial charge in [0.25, 0.3) is 0 Å². The Morgan fingerprint density at radius 2 is 1.63 bits per heavy atom. The topological polar surface area (TPSA) is 61.4 Å². The quantitative estimate of drug-likeness (QED) is 0.704. The molecule has 0 aromatic heterocycles. The van der Waals surface area contributed by atoms with E-state index in [2.05, 4.69) is 10.6 Å². The molecule has 0 aliphatic carbocycles. The van der Waals surface area contributed by atoms with Crippen LogP contribution in [0.3, 0.4) is 0 Å². The molecule has 138 valence electrons. The van der Waals surface area contributed by atoms with Crippen LogP contribution in [0.5, 0.6) is 0 Å². The Bertz CT molecular complexity index is 946. The number of amides is 2. The van der Waals surface area contributed by atoms with Crippen molar-refractivity contribution in [3.63, 3.8) is 0 Å². The Kier molecular flexibility index (Phi) is 5.71. The second-order valence-corrected chi connectivity index (χ2v) is 6.54. The molecule has 5 nitrogen and oxygen atoms in total. The Morgan fingerprint density at radius 3 is 2.41 bits per heavy atom. The molecule has 0 radical (unpaired) electrons. The van der Waals surface area contributed by atoms with Gasteiger partial charge in [-0.3, -0.25) is 9.59 Å². The molecule has 0 saturated heterocycles. The molecule has 0 unspecified atom stereocenters. The zero-order valence-electron chi connectivity index (χ0n) is 15.5. The normalized spacial score (nSPS) is 10.4. The number of anilines is 2. The van der Waals surface area contributed by atoms with E-state index in [1.54, 1.807) is 7.05 Å². The van der Waals surface area contributed by atoms with E-state index in [0.29, 0.717) is 0 Å². The highest BCUT2D eigenvalue weighted by Gasteiger charge is 2.13. The van der Waals surface area contributed by atoms with Crippen LogP contribution >= 0.6 is 0 Å². The van der Waals surface area contributed by atoms with Crippen molar-refractivity contribution in [3.05, 3.63) is 72.3 Å². The molecule has 2 N–H and O–H groups in total. The van der Waals surface area contributed by atoms with Crippen molar-refractivity contribution in [3.8, 4) is 0 Å². The maximum atomic E-state index is 12.4. The molecule has 0 spiro atoms. The van der Waals surface area contributed by atoms with Gasteiger partial charge >= 0.3 is 0 Å². The molecular formula is C22H23N3O2. The fourth-order valence-electron chi connectivity index (χ4n) is 2.83. The number of benzene rings is 3.